The molecule has 0 aromatic heterocycles. The average molecular weight is 308 g/mol. The molecule has 0 radical (unpaired) electrons. The maximum absolute atomic E-state index is 13.3. The molecule has 0 aliphatic carbocycles. The molecule has 0 saturated carbocycles. The molecule has 0 amide bonds. The van der Waals surface area contributed by atoms with Gasteiger partial charge in [0.2, 0.25) is 0 Å². The summed E-state index contributed by atoms with van der Waals surface area (Å²) in [7, 11) is 0. The summed E-state index contributed by atoms with van der Waals surface area (Å²) < 4.78 is 13.3. The second kappa shape index (κ2) is 4.92. The van der Waals surface area contributed by atoms with Gasteiger partial charge in [0, 0.05) is 15.4 Å². The van der Waals surface area contributed by atoms with Crippen LogP contribution in [0.4, 0.5) is 10.1 Å². The summed E-state index contributed by atoms with van der Waals surface area (Å²) in [5, 5.41) is 9.14. The monoisotopic (exact) mass is 307 g/mol. The van der Waals surface area contributed by atoms with Crippen molar-refractivity contribution < 1.29 is 14.3 Å². The molecule has 0 spiro atoms. The fourth-order valence-corrected chi connectivity index (χ4v) is 3.15. The van der Waals surface area contributed by atoms with Crippen LogP contribution in [0.3, 0.4) is 0 Å². The lowest BCUT2D eigenvalue weighted by atomic mass is 10.2. The van der Waals surface area contributed by atoms with Crippen LogP contribution in [-0.2, 0) is 0 Å². The van der Waals surface area contributed by atoms with Crippen LogP contribution in [0.5, 0.6) is 0 Å². The van der Waals surface area contributed by atoms with Crippen LogP contribution in [0, 0.1) is 5.82 Å². The van der Waals surface area contributed by atoms with Gasteiger partial charge >= 0.3 is 5.97 Å². The first-order valence-corrected chi connectivity index (χ1v) is 6.83. The number of rotatable bonds is 1. The van der Waals surface area contributed by atoms with Crippen molar-refractivity contribution in [3.8, 4) is 0 Å². The zero-order valence-corrected chi connectivity index (χ0v) is 11.5. The van der Waals surface area contributed by atoms with Crippen molar-refractivity contribution in [3.63, 3.8) is 0 Å². The van der Waals surface area contributed by atoms with Gasteiger partial charge in [0.05, 0.1) is 11.3 Å². The summed E-state index contributed by atoms with van der Waals surface area (Å²) in [6.45, 7) is 0. The number of fused-ring (bicyclic) bond motifs is 2. The average Bonchev–Trinajstić information content (AvgIpc) is 2.54. The zero-order valence-electron chi connectivity index (χ0n) is 9.93. The number of carbonyl (C=O) groups is 1. The Balaban J connectivity index is 2.18. The van der Waals surface area contributed by atoms with Gasteiger partial charge in [-0.25, -0.2) is 14.2 Å². The molecular formula is C14H7ClFNO2S. The minimum Gasteiger partial charge on any atom is -0.478 e. The molecule has 6 heteroatoms. The number of hydrogen-bond donors (Lipinski definition) is 1. The maximum atomic E-state index is 13.3. The Morgan fingerprint density at radius 1 is 1.20 bits per heavy atom. The lowest BCUT2D eigenvalue weighted by Crippen LogP contribution is -1.95. The number of carboxylic acid groups (broad SMARTS) is 1. The quantitative estimate of drug-likeness (QED) is 0.854. The molecule has 100 valence electrons. The van der Waals surface area contributed by atoms with E-state index in [4.69, 9.17) is 16.7 Å². The molecule has 2 aromatic carbocycles. The van der Waals surface area contributed by atoms with Crippen LogP contribution in [-0.4, -0.2) is 16.2 Å². The first-order valence-electron chi connectivity index (χ1n) is 5.64. The summed E-state index contributed by atoms with van der Waals surface area (Å²) in [6.07, 6.45) is 0. The first-order chi connectivity index (χ1) is 9.54. The van der Waals surface area contributed by atoms with Gasteiger partial charge in [-0.1, -0.05) is 23.4 Å². The van der Waals surface area contributed by atoms with Crippen molar-refractivity contribution in [1.82, 2.24) is 0 Å². The second-order valence-electron chi connectivity index (χ2n) is 4.13. The standard InChI is InChI=1S/C14H7ClFNO2S/c15-13-9-6-8(16)2-4-11(9)20-12-3-1-7(14(18)19)5-10(12)17-13/h1-6H,(H,18,19). The van der Waals surface area contributed by atoms with Gasteiger partial charge in [-0.2, -0.15) is 0 Å². The van der Waals surface area contributed by atoms with Crippen molar-refractivity contribution in [2.45, 2.75) is 9.79 Å². The lowest BCUT2D eigenvalue weighted by Gasteiger charge is -2.05. The molecule has 1 aliphatic rings. The number of benzene rings is 2. The van der Waals surface area contributed by atoms with Gasteiger partial charge in [-0.3, -0.25) is 0 Å². The van der Waals surface area contributed by atoms with Crippen LogP contribution in [0.2, 0.25) is 0 Å². The third-order valence-corrected chi connectivity index (χ3v) is 4.24. The molecule has 0 bridgehead atoms. The molecular weight excluding hydrogens is 301 g/mol. The summed E-state index contributed by atoms with van der Waals surface area (Å²) >= 11 is 7.48. The summed E-state index contributed by atoms with van der Waals surface area (Å²) in [5.41, 5.74) is 1.11. The molecule has 0 atom stereocenters. The molecule has 1 heterocycles. The van der Waals surface area contributed by atoms with E-state index in [1.807, 2.05) is 0 Å². The predicted octanol–water partition coefficient (Wildman–Crippen LogP) is 4.31. The van der Waals surface area contributed by atoms with Crippen molar-refractivity contribution in [2.75, 3.05) is 0 Å². The Hall–Kier alpha value is -1.85. The Morgan fingerprint density at radius 3 is 2.70 bits per heavy atom. The van der Waals surface area contributed by atoms with E-state index >= 15 is 0 Å². The van der Waals surface area contributed by atoms with E-state index in [0.717, 1.165) is 9.79 Å². The van der Waals surface area contributed by atoms with E-state index in [1.54, 1.807) is 12.1 Å². The van der Waals surface area contributed by atoms with Crippen LogP contribution in [0.15, 0.2) is 51.2 Å². The van der Waals surface area contributed by atoms with E-state index < -0.39 is 11.8 Å². The highest BCUT2D eigenvalue weighted by Crippen LogP contribution is 2.41. The van der Waals surface area contributed by atoms with Gasteiger partial charge in [0.1, 0.15) is 11.0 Å². The SMILES string of the molecule is O=C(O)c1ccc2c(c1)N=C(Cl)c1cc(F)ccc1S2. The molecule has 0 saturated heterocycles. The van der Waals surface area contributed by atoms with Crippen LogP contribution in [0.25, 0.3) is 0 Å². The van der Waals surface area contributed by atoms with Gasteiger partial charge in [0.15, 0.2) is 0 Å². The molecule has 0 fully saturated rings. The summed E-state index contributed by atoms with van der Waals surface area (Å²) in [6, 6.07) is 8.94. The zero-order chi connectivity index (χ0) is 14.3. The van der Waals surface area contributed by atoms with Crippen molar-refractivity contribution in [2.24, 2.45) is 4.99 Å². The van der Waals surface area contributed by atoms with E-state index in [9.17, 15) is 9.18 Å². The molecule has 3 nitrogen and oxygen atoms in total. The van der Waals surface area contributed by atoms with E-state index in [2.05, 4.69) is 4.99 Å². The van der Waals surface area contributed by atoms with Gasteiger partial charge < -0.3 is 5.11 Å². The first kappa shape index (κ1) is 13.1. The van der Waals surface area contributed by atoms with E-state index in [1.165, 1.54) is 36.0 Å². The van der Waals surface area contributed by atoms with Crippen LogP contribution in [0.1, 0.15) is 15.9 Å². The highest BCUT2D eigenvalue weighted by Gasteiger charge is 2.18. The van der Waals surface area contributed by atoms with Gasteiger partial charge in [-0.15, -0.1) is 0 Å². The Bertz CT molecular complexity index is 761. The Morgan fingerprint density at radius 2 is 1.95 bits per heavy atom. The van der Waals surface area contributed by atoms with Crippen LogP contribution < -0.4 is 0 Å². The van der Waals surface area contributed by atoms with Crippen molar-refractivity contribution in [1.29, 1.82) is 0 Å². The van der Waals surface area contributed by atoms with Crippen molar-refractivity contribution >= 4 is 40.2 Å². The minimum absolute atomic E-state index is 0.134. The number of halogens is 2. The normalized spacial score (nSPS) is 13.0. The number of hydrogen-bond acceptors (Lipinski definition) is 3. The molecule has 3 rings (SSSR count). The molecule has 1 aliphatic heterocycles. The minimum atomic E-state index is -1.03. The summed E-state index contributed by atoms with van der Waals surface area (Å²) in [4.78, 5) is 16.7. The highest BCUT2D eigenvalue weighted by molar-refractivity contribution is 7.99. The third-order valence-electron chi connectivity index (χ3n) is 2.81. The second-order valence-corrected chi connectivity index (χ2v) is 5.57. The molecule has 2 aromatic rings. The predicted molar refractivity (Wildman–Crippen MR) is 76.0 cm³/mol. The number of carboxylic acids is 1. The molecule has 20 heavy (non-hydrogen) atoms. The van der Waals surface area contributed by atoms with Crippen LogP contribution >= 0.6 is 23.4 Å². The van der Waals surface area contributed by atoms with E-state index in [0.29, 0.717) is 11.3 Å². The lowest BCUT2D eigenvalue weighted by molar-refractivity contribution is 0.0697. The molecule has 1 N–H and O–H groups in total. The van der Waals surface area contributed by atoms with Gasteiger partial charge in [-0.05, 0) is 36.4 Å². The largest absolute Gasteiger partial charge is 0.478 e. The fourth-order valence-electron chi connectivity index (χ4n) is 1.86. The van der Waals surface area contributed by atoms with E-state index in [-0.39, 0.29) is 10.7 Å². The molecule has 0 unspecified atom stereocenters. The number of nitrogens with zero attached hydrogens (tertiary/aromatic N) is 1. The Labute approximate surface area is 123 Å². The number of aromatic carboxylic acids is 1. The smallest absolute Gasteiger partial charge is 0.335 e. The maximum Gasteiger partial charge on any atom is 0.335 e. The summed E-state index contributed by atoms with van der Waals surface area (Å²) in [5.74, 6) is -1.42. The highest BCUT2D eigenvalue weighted by atomic mass is 35.5. The number of aliphatic imine (C=N–C) groups is 1. The Kier molecular flexibility index (Phi) is 3.23. The topological polar surface area (TPSA) is 49.7 Å². The van der Waals surface area contributed by atoms with Gasteiger partial charge in [0.25, 0.3) is 0 Å². The third kappa shape index (κ3) is 2.30. The fraction of sp³-hybridized carbons (Fsp3) is 0. The van der Waals surface area contributed by atoms with Crippen molar-refractivity contribution in [3.05, 3.63) is 53.3 Å².